The number of anilines is 1. The van der Waals surface area contributed by atoms with Crippen LogP contribution in [0.5, 0.6) is 0 Å². The molecule has 2 aromatic carbocycles. The number of hydrogen-bond acceptors (Lipinski definition) is 2. The second kappa shape index (κ2) is 9.21. The molecule has 4 rings (SSSR count). The SMILES string of the molecule is O=C(Nc1ccc(Br)cc1F)N1CCC(N2CCN(Cc3ccc(F)cc3)C2=O)CC1. The summed E-state index contributed by atoms with van der Waals surface area (Å²) in [6.45, 7) is 2.71. The molecule has 2 heterocycles. The Morgan fingerprint density at radius 3 is 2.42 bits per heavy atom. The van der Waals surface area contributed by atoms with E-state index in [1.807, 2.05) is 4.90 Å². The number of hydrogen-bond donors (Lipinski definition) is 1. The minimum absolute atomic E-state index is 0.0239. The van der Waals surface area contributed by atoms with Crippen molar-refractivity contribution >= 4 is 33.7 Å². The van der Waals surface area contributed by atoms with Crippen molar-refractivity contribution in [2.24, 2.45) is 0 Å². The molecule has 0 spiro atoms. The van der Waals surface area contributed by atoms with E-state index in [4.69, 9.17) is 0 Å². The largest absolute Gasteiger partial charge is 0.324 e. The number of piperidine rings is 1. The quantitative estimate of drug-likeness (QED) is 0.674. The Balaban J connectivity index is 1.29. The number of amides is 4. The zero-order valence-electron chi connectivity index (χ0n) is 16.9. The number of nitrogens with one attached hydrogen (secondary N) is 1. The Bertz CT molecular complexity index is 964. The Hall–Kier alpha value is -2.68. The fourth-order valence-corrected chi connectivity index (χ4v) is 4.40. The number of benzene rings is 2. The van der Waals surface area contributed by atoms with Crippen LogP contribution in [-0.2, 0) is 6.54 Å². The highest BCUT2D eigenvalue weighted by molar-refractivity contribution is 9.10. The molecule has 2 fully saturated rings. The number of likely N-dealkylation sites (tertiary alicyclic amines) is 1. The molecular weight excluding hydrogens is 470 g/mol. The van der Waals surface area contributed by atoms with Crippen molar-refractivity contribution < 1.29 is 18.4 Å². The number of carbonyl (C=O) groups excluding carboxylic acids is 2. The van der Waals surface area contributed by atoms with Gasteiger partial charge in [0.05, 0.1) is 5.69 Å². The average Bonchev–Trinajstić information content (AvgIpc) is 3.12. The van der Waals surface area contributed by atoms with E-state index in [1.54, 1.807) is 28.0 Å². The van der Waals surface area contributed by atoms with Crippen LogP contribution >= 0.6 is 15.9 Å². The zero-order valence-corrected chi connectivity index (χ0v) is 18.4. The maximum absolute atomic E-state index is 14.0. The van der Waals surface area contributed by atoms with Gasteiger partial charge in [-0.2, -0.15) is 0 Å². The van der Waals surface area contributed by atoms with Gasteiger partial charge >= 0.3 is 12.1 Å². The van der Waals surface area contributed by atoms with E-state index >= 15 is 0 Å². The van der Waals surface area contributed by atoms with Crippen LogP contribution in [0.25, 0.3) is 0 Å². The monoisotopic (exact) mass is 492 g/mol. The van der Waals surface area contributed by atoms with Crippen LogP contribution in [0, 0.1) is 11.6 Å². The molecule has 9 heteroatoms. The molecule has 2 aromatic rings. The molecule has 164 valence electrons. The van der Waals surface area contributed by atoms with E-state index in [2.05, 4.69) is 21.2 Å². The van der Waals surface area contributed by atoms with E-state index in [1.165, 1.54) is 24.3 Å². The summed E-state index contributed by atoms with van der Waals surface area (Å²) in [5.74, 6) is -0.793. The van der Waals surface area contributed by atoms with Crippen LogP contribution < -0.4 is 5.32 Å². The topological polar surface area (TPSA) is 55.9 Å². The molecule has 0 unspecified atom stereocenters. The zero-order chi connectivity index (χ0) is 22.0. The Kier molecular flexibility index (Phi) is 6.41. The molecule has 0 aromatic heterocycles. The van der Waals surface area contributed by atoms with Crippen molar-refractivity contribution in [2.75, 3.05) is 31.5 Å². The highest BCUT2D eigenvalue weighted by atomic mass is 79.9. The molecule has 1 N–H and O–H groups in total. The highest BCUT2D eigenvalue weighted by Gasteiger charge is 2.36. The molecule has 0 radical (unpaired) electrons. The van der Waals surface area contributed by atoms with Crippen LogP contribution in [-0.4, -0.2) is 59.0 Å². The molecule has 2 aliphatic rings. The first-order valence-corrected chi connectivity index (χ1v) is 11.0. The number of rotatable bonds is 4. The Labute approximate surface area is 187 Å². The van der Waals surface area contributed by atoms with Gasteiger partial charge in [-0.15, -0.1) is 0 Å². The highest BCUT2D eigenvalue weighted by Crippen LogP contribution is 2.24. The Morgan fingerprint density at radius 2 is 1.74 bits per heavy atom. The second-order valence-corrected chi connectivity index (χ2v) is 8.71. The first kappa shape index (κ1) is 21.5. The van der Waals surface area contributed by atoms with E-state index in [0.29, 0.717) is 50.0 Å². The van der Waals surface area contributed by atoms with Crippen molar-refractivity contribution in [2.45, 2.75) is 25.4 Å². The molecule has 2 saturated heterocycles. The van der Waals surface area contributed by atoms with Gasteiger partial charge in [-0.3, -0.25) is 0 Å². The van der Waals surface area contributed by atoms with Crippen LogP contribution in [0.3, 0.4) is 0 Å². The minimum Gasteiger partial charge on any atom is -0.324 e. The fraction of sp³-hybridized carbons (Fsp3) is 0.364. The molecule has 0 atom stereocenters. The number of carbonyl (C=O) groups is 2. The van der Waals surface area contributed by atoms with Crippen molar-refractivity contribution in [3.63, 3.8) is 0 Å². The van der Waals surface area contributed by atoms with E-state index in [0.717, 1.165) is 5.56 Å². The van der Waals surface area contributed by atoms with Gasteiger partial charge in [-0.05, 0) is 48.7 Å². The van der Waals surface area contributed by atoms with Crippen LogP contribution in [0.15, 0.2) is 46.9 Å². The van der Waals surface area contributed by atoms with Gasteiger partial charge in [0.25, 0.3) is 0 Å². The number of halogens is 3. The molecule has 4 amide bonds. The van der Waals surface area contributed by atoms with Gasteiger partial charge in [0.2, 0.25) is 0 Å². The van der Waals surface area contributed by atoms with Crippen LogP contribution in [0.2, 0.25) is 0 Å². The molecule has 2 aliphatic heterocycles. The predicted octanol–water partition coefficient (Wildman–Crippen LogP) is 4.66. The van der Waals surface area contributed by atoms with Crippen molar-refractivity contribution in [1.29, 1.82) is 0 Å². The predicted molar refractivity (Wildman–Crippen MR) is 117 cm³/mol. The summed E-state index contributed by atoms with van der Waals surface area (Å²) in [7, 11) is 0. The summed E-state index contributed by atoms with van der Waals surface area (Å²) in [6, 6.07) is 10.4. The van der Waals surface area contributed by atoms with Gasteiger partial charge in [0.1, 0.15) is 11.6 Å². The molecule has 0 saturated carbocycles. The van der Waals surface area contributed by atoms with E-state index in [-0.39, 0.29) is 29.6 Å². The number of nitrogens with zero attached hydrogens (tertiary/aromatic N) is 3. The average molecular weight is 493 g/mol. The van der Waals surface area contributed by atoms with E-state index in [9.17, 15) is 18.4 Å². The summed E-state index contributed by atoms with van der Waals surface area (Å²) in [5, 5.41) is 2.61. The lowest BCUT2D eigenvalue weighted by molar-refractivity contribution is 0.139. The lowest BCUT2D eigenvalue weighted by atomic mass is 10.0. The summed E-state index contributed by atoms with van der Waals surface area (Å²) in [4.78, 5) is 30.6. The van der Waals surface area contributed by atoms with Gasteiger partial charge in [-0.25, -0.2) is 18.4 Å². The smallest absolute Gasteiger partial charge is 0.321 e. The van der Waals surface area contributed by atoms with Gasteiger partial charge < -0.3 is 20.0 Å². The van der Waals surface area contributed by atoms with E-state index < -0.39 is 5.82 Å². The minimum atomic E-state index is -0.499. The molecule has 31 heavy (non-hydrogen) atoms. The standard InChI is InChI=1S/C22H23BrF2N4O2/c23-16-3-6-20(19(25)13-16)26-21(30)27-9-7-18(8-10-27)29-12-11-28(22(29)31)14-15-1-4-17(24)5-2-15/h1-6,13,18H,7-12,14H2,(H,26,30). The summed E-state index contributed by atoms with van der Waals surface area (Å²) in [5.41, 5.74) is 1.03. The molecule has 0 aliphatic carbocycles. The first-order valence-electron chi connectivity index (χ1n) is 10.2. The molecular formula is C22H23BrF2N4O2. The number of urea groups is 2. The Morgan fingerprint density at radius 1 is 1.03 bits per heavy atom. The second-order valence-electron chi connectivity index (χ2n) is 7.80. The summed E-state index contributed by atoms with van der Waals surface area (Å²) in [6.07, 6.45) is 1.35. The molecule has 0 bridgehead atoms. The van der Waals surface area contributed by atoms with Crippen LogP contribution in [0.4, 0.5) is 24.1 Å². The summed E-state index contributed by atoms with van der Waals surface area (Å²) < 4.78 is 27.7. The lowest BCUT2D eigenvalue weighted by Crippen LogP contribution is -2.49. The van der Waals surface area contributed by atoms with Gasteiger partial charge in [0.15, 0.2) is 0 Å². The third kappa shape index (κ3) is 4.98. The van der Waals surface area contributed by atoms with Crippen molar-refractivity contribution in [3.8, 4) is 0 Å². The lowest BCUT2D eigenvalue weighted by Gasteiger charge is -2.36. The third-order valence-corrected chi connectivity index (χ3v) is 6.27. The van der Waals surface area contributed by atoms with Crippen molar-refractivity contribution in [1.82, 2.24) is 14.7 Å². The maximum atomic E-state index is 14.0. The maximum Gasteiger partial charge on any atom is 0.321 e. The molecule has 6 nitrogen and oxygen atoms in total. The van der Waals surface area contributed by atoms with Gasteiger partial charge in [0, 0.05) is 43.2 Å². The normalized spacial score (nSPS) is 17.4. The fourth-order valence-electron chi connectivity index (χ4n) is 4.06. The first-order chi connectivity index (χ1) is 14.9. The summed E-state index contributed by atoms with van der Waals surface area (Å²) >= 11 is 3.19. The van der Waals surface area contributed by atoms with Crippen LogP contribution in [0.1, 0.15) is 18.4 Å². The van der Waals surface area contributed by atoms with Gasteiger partial charge in [-0.1, -0.05) is 28.1 Å². The van der Waals surface area contributed by atoms with Crippen molar-refractivity contribution in [3.05, 3.63) is 64.1 Å². The third-order valence-electron chi connectivity index (χ3n) is 5.78.